The Labute approximate surface area is 90.7 Å². The van der Waals surface area contributed by atoms with Gasteiger partial charge in [-0.1, -0.05) is 31.1 Å². The third kappa shape index (κ3) is 2.14. The highest BCUT2D eigenvalue weighted by Gasteiger charge is 2.39. The van der Waals surface area contributed by atoms with E-state index in [1.54, 1.807) is 0 Å². The molecule has 0 radical (unpaired) electrons. The van der Waals surface area contributed by atoms with Crippen LogP contribution in [0.1, 0.15) is 33.1 Å². The molecule has 0 heterocycles. The Kier molecular flexibility index (Phi) is 2.68. The number of rotatable bonds is 3. The normalized spacial score (nSPS) is 31.4. The number of allylic oxidation sites excluding steroid dienone is 3. The number of aliphatic carboxylic acids is 1. The van der Waals surface area contributed by atoms with E-state index in [1.807, 2.05) is 0 Å². The molecule has 0 bridgehead atoms. The first-order valence-corrected chi connectivity index (χ1v) is 5.69. The fourth-order valence-corrected chi connectivity index (χ4v) is 2.80. The summed E-state index contributed by atoms with van der Waals surface area (Å²) in [6.07, 6.45) is 7.07. The van der Waals surface area contributed by atoms with Gasteiger partial charge in [0.05, 0.1) is 0 Å². The van der Waals surface area contributed by atoms with Crippen molar-refractivity contribution in [3.8, 4) is 0 Å². The van der Waals surface area contributed by atoms with E-state index < -0.39 is 5.97 Å². The van der Waals surface area contributed by atoms with Crippen LogP contribution in [0.5, 0.6) is 0 Å². The molecule has 2 aliphatic carbocycles. The number of carboxylic acid groups (broad SMARTS) is 1. The average molecular weight is 206 g/mol. The summed E-state index contributed by atoms with van der Waals surface area (Å²) in [4.78, 5) is 10.6. The Balaban J connectivity index is 2.01. The van der Waals surface area contributed by atoms with E-state index in [0.29, 0.717) is 17.8 Å². The molecule has 1 fully saturated rings. The molecule has 2 atom stereocenters. The van der Waals surface area contributed by atoms with Crippen LogP contribution in [0.4, 0.5) is 0 Å². The van der Waals surface area contributed by atoms with Crippen molar-refractivity contribution in [1.82, 2.24) is 0 Å². The molecule has 2 rings (SSSR count). The first-order valence-electron chi connectivity index (χ1n) is 5.69. The maximum absolute atomic E-state index is 10.6. The SMILES string of the molecule is CC(C)CC1=C[C@@H]2C(=CC(=O)O)C[C@@H]2C1. The number of fused-ring (bicyclic) bond motifs is 1. The van der Waals surface area contributed by atoms with E-state index in [0.717, 1.165) is 12.0 Å². The molecule has 2 nitrogen and oxygen atoms in total. The lowest BCUT2D eigenvalue weighted by Crippen LogP contribution is -2.24. The van der Waals surface area contributed by atoms with E-state index in [1.165, 1.54) is 24.5 Å². The maximum atomic E-state index is 10.6. The van der Waals surface area contributed by atoms with Gasteiger partial charge >= 0.3 is 5.97 Å². The Morgan fingerprint density at radius 3 is 2.93 bits per heavy atom. The quantitative estimate of drug-likeness (QED) is 0.569. The van der Waals surface area contributed by atoms with Crippen LogP contribution in [-0.4, -0.2) is 11.1 Å². The van der Waals surface area contributed by atoms with Crippen LogP contribution in [-0.2, 0) is 4.79 Å². The molecular formula is C13H18O2. The Morgan fingerprint density at radius 2 is 2.33 bits per heavy atom. The van der Waals surface area contributed by atoms with Crippen molar-refractivity contribution in [1.29, 1.82) is 0 Å². The molecule has 1 N–H and O–H groups in total. The molecule has 0 spiro atoms. The zero-order valence-corrected chi connectivity index (χ0v) is 9.36. The van der Waals surface area contributed by atoms with Crippen molar-refractivity contribution in [3.05, 3.63) is 23.3 Å². The van der Waals surface area contributed by atoms with E-state index in [4.69, 9.17) is 5.11 Å². The summed E-state index contributed by atoms with van der Waals surface area (Å²) in [7, 11) is 0. The number of hydrogen-bond acceptors (Lipinski definition) is 1. The summed E-state index contributed by atoms with van der Waals surface area (Å²) in [5.41, 5.74) is 2.65. The van der Waals surface area contributed by atoms with Crippen LogP contribution in [0, 0.1) is 17.8 Å². The van der Waals surface area contributed by atoms with E-state index in [9.17, 15) is 4.79 Å². The van der Waals surface area contributed by atoms with Gasteiger partial charge in [0.1, 0.15) is 0 Å². The minimum atomic E-state index is -0.797. The van der Waals surface area contributed by atoms with Crippen molar-refractivity contribution < 1.29 is 9.90 Å². The number of carboxylic acids is 1. The van der Waals surface area contributed by atoms with Crippen molar-refractivity contribution in [3.63, 3.8) is 0 Å². The lowest BCUT2D eigenvalue weighted by atomic mass is 9.71. The van der Waals surface area contributed by atoms with Crippen molar-refractivity contribution in [2.24, 2.45) is 17.8 Å². The maximum Gasteiger partial charge on any atom is 0.328 e. The van der Waals surface area contributed by atoms with Crippen LogP contribution in [0.2, 0.25) is 0 Å². The largest absolute Gasteiger partial charge is 0.478 e. The summed E-state index contributed by atoms with van der Waals surface area (Å²) in [6, 6.07) is 0. The summed E-state index contributed by atoms with van der Waals surface area (Å²) in [5.74, 6) is 1.08. The monoisotopic (exact) mass is 206 g/mol. The van der Waals surface area contributed by atoms with Crippen LogP contribution in [0.15, 0.2) is 23.3 Å². The third-order valence-corrected chi connectivity index (χ3v) is 3.35. The summed E-state index contributed by atoms with van der Waals surface area (Å²) in [5, 5.41) is 8.68. The molecule has 15 heavy (non-hydrogen) atoms. The Morgan fingerprint density at radius 1 is 1.60 bits per heavy atom. The highest BCUT2D eigenvalue weighted by molar-refractivity contribution is 5.81. The smallest absolute Gasteiger partial charge is 0.328 e. The lowest BCUT2D eigenvalue weighted by molar-refractivity contribution is -0.131. The topological polar surface area (TPSA) is 37.3 Å². The average Bonchev–Trinajstić information content (AvgIpc) is 2.39. The molecule has 0 amide bonds. The van der Waals surface area contributed by atoms with Crippen LogP contribution < -0.4 is 0 Å². The second-order valence-corrected chi connectivity index (χ2v) is 5.17. The summed E-state index contributed by atoms with van der Waals surface area (Å²) < 4.78 is 0. The Bertz CT molecular complexity index is 336. The van der Waals surface area contributed by atoms with Gasteiger partial charge in [-0.05, 0) is 31.1 Å². The molecule has 0 saturated heterocycles. The Hall–Kier alpha value is -1.05. The molecule has 0 aromatic heterocycles. The van der Waals surface area contributed by atoms with E-state index >= 15 is 0 Å². The van der Waals surface area contributed by atoms with Crippen LogP contribution in [0.3, 0.4) is 0 Å². The van der Waals surface area contributed by atoms with Crippen molar-refractivity contribution >= 4 is 5.97 Å². The minimum Gasteiger partial charge on any atom is -0.478 e. The molecule has 0 unspecified atom stereocenters. The minimum absolute atomic E-state index is 0.454. The fourth-order valence-electron chi connectivity index (χ4n) is 2.80. The predicted molar refractivity (Wildman–Crippen MR) is 59.5 cm³/mol. The summed E-state index contributed by atoms with van der Waals surface area (Å²) >= 11 is 0. The molecule has 1 saturated carbocycles. The lowest BCUT2D eigenvalue weighted by Gasteiger charge is -2.33. The highest BCUT2D eigenvalue weighted by Crippen LogP contribution is 2.50. The summed E-state index contributed by atoms with van der Waals surface area (Å²) in [6.45, 7) is 4.46. The molecular weight excluding hydrogens is 188 g/mol. The second kappa shape index (κ2) is 3.84. The third-order valence-electron chi connectivity index (χ3n) is 3.35. The van der Waals surface area contributed by atoms with E-state index in [-0.39, 0.29) is 0 Å². The molecule has 82 valence electrons. The second-order valence-electron chi connectivity index (χ2n) is 5.17. The van der Waals surface area contributed by atoms with Gasteiger partial charge in [0.2, 0.25) is 0 Å². The first kappa shape index (κ1) is 10.5. The van der Waals surface area contributed by atoms with E-state index in [2.05, 4.69) is 19.9 Å². The van der Waals surface area contributed by atoms with Gasteiger partial charge in [0.15, 0.2) is 0 Å². The van der Waals surface area contributed by atoms with Gasteiger partial charge in [-0.3, -0.25) is 0 Å². The number of hydrogen-bond donors (Lipinski definition) is 1. The molecule has 0 aromatic rings. The molecule has 0 aliphatic heterocycles. The molecule has 2 heteroatoms. The van der Waals surface area contributed by atoms with Crippen molar-refractivity contribution in [2.45, 2.75) is 33.1 Å². The zero-order valence-electron chi connectivity index (χ0n) is 9.36. The first-order chi connectivity index (χ1) is 7.06. The molecule has 2 aliphatic rings. The van der Waals surface area contributed by atoms with Gasteiger partial charge in [0, 0.05) is 12.0 Å². The van der Waals surface area contributed by atoms with Crippen molar-refractivity contribution in [2.75, 3.05) is 0 Å². The van der Waals surface area contributed by atoms with Crippen LogP contribution in [0.25, 0.3) is 0 Å². The highest BCUT2D eigenvalue weighted by atomic mass is 16.4. The van der Waals surface area contributed by atoms with Gasteiger partial charge in [-0.2, -0.15) is 0 Å². The van der Waals surface area contributed by atoms with Gasteiger partial charge in [0.25, 0.3) is 0 Å². The fraction of sp³-hybridized carbons (Fsp3) is 0.615. The predicted octanol–water partition coefficient (Wildman–Crippen LogP) is 3.01. The zero-order chi connectivity index (χ0) is 11.0. The van der Waals surface area contributed by atoms with Crippen LogP contribution >= 0.6 is 0 Å². The molecule has 0 aromatic carbocycles. The standard InChI is InChI=1S/C13H18O2/c1-8(2)3-9-4-10-6-11(7-13(14)15)12(10)5-9/h5,7-8,10,12H,3-4,6H2,1-2H3,(H,14,15)/t10-,12-/m0/s1. The van der Waals surface area contributed by atoms with Gasteiger partial charge in [-0.25, -0.2) is 4.79 Å². The number of carbonyl (C=O) groups is 1. The van der Waals surface area contributed by atoms with Gasteiger partial charge < -0.3 is 5.11 Å². The van der Waals surface area contributed by atoms with Gasteiger partial charge in [-0.15, -0.1) is 0 Å².